The van der Waals surface area contributed by atoms with E-state index in [1.165, 1.54) is 18.2 Å². The van der Waals surface area contributed by atoms with Crippen LogP contribution in [0.2, 0.25) is 0 Å². The number of hydrogen-bond donors (Lipinski definition) is 0. The largest absolute Gasteiger partial charge is 0.464 e. The number of nitrogens with zero attached hydrogens (tertiary/aromatic N) is 2. The molecule has 0 fully saturated rings. The summed E-state index contributed by atoms with van der Waals surface area (Å²) in [5.74, 6) is -0.341. The van der Waals surface area contributed by atoms with E-state index in [2.05, 4.69) is 43.1 Å². The van der Waals surface area contributed by atoms with Crippen LogP contribution in [0.15, 0.2) is 36.8 Å². The molecule has 0 aliphatic heterocycles. The first-order valence-corrected chi connectivity index (χ1v) is 7.22. The lowest BCUT2D eigenvalue weighted by atomic mass is 9.70. The zero-order valence-electron chi connectivity index (χ0n) is 12.7. The number of carbonyl (C=O) groups is 1. The molecule has 1 aromatic carbocycles. The van der Waals surface area contributed by atoms with Gasteiger partial charge >= 0.3 is 5.97 Å². The highest BCUT2D eigenvalue weighted by atomic mass is 16.5. The molecule has 1 aliphatic carbocycles. The van der Waals surface area contributed by atoms with E-state index in [0.717, 1.165) is 12.8 Å². The highest BCUT2D eigenvalue weighted by Crippen LogP contribution is 2.46. The lowest BCUT2D eigenvalue weighted by molar-refractivity contribution is 0.0581. The first-order valence-electron chi connectivity index (χ1n) is 7.22. The van der Waals surface area contributed by atoms with Gasteiger partial charge < -0.3 is 9.30 Å². The molecule has 1 aromatic heterocycles. The van der Waals surface area contributed by atoms with Crippen LogP contribution in [-0.4, -0.2) is 22.6 Å². The predicted molar refractivity (Wildman–Crippen MR) is 80.2 cm³/mol. The van der Waals surface area contributed by atoms with Crippen LogP contribution < -0.4 is 0 Å². The van der Waals surface area contributed by atoms with Gasteiger partial charge in [0, 0.05) is 0 Å². The minimum atomic E-state index is -0.341. The van der Waals surface area contributed by atoms with E-state index in [9.17, 15) is 4.79 Å². The van der Waals surface area contributed by atoms with Crippen molar-refractivity contribution in [2.75, 3.05) is 7.11 Å². The van der Waals surface area contributed by atoms with Gasteiger partial charge in [-0.25, -0.2) is 9.78 Å². The Bertz CT molecular complexity index is 673. The second kappa shape index (κ2) is 5.02. The van der Waals surface area contributed by atoms with Crippen molar-refractivity contribution < 1.29 is 9.53 Å². The van der Waals surface area contributed by atoms with Gasteiger partial charge in [-0.05, 0) is 29.4 Å². The first-order chi connectivity index (χ1) is 10.0. The number of imidazole rings is 1. The third-order valence-corrected chi connectivity index (χ3v) is 4.47. The first kappa shape index (κ1) is 13.9. The maximum Gasteiger partial charge on any atom is 0.356 e. The fourth-order valence-corrected chi connectivity index (χ4v) is 3.34. The molecule has 4 nitrogen and oxygen atoms in total. The fraction of sp³-hybridized carbons (Fsp3) is 0.412. The van der Waals surface area contributed by atoms with Gasteiger partial charge in [0.15, 0.2) is 0 Å². The minimum Gasteiger partial charge on any atom is -0.464 e. The Kier molecular flexibility index (Phi) is 3.32. The second-order valence-corrected chi connectivity index (χ2v) is 6.27. The summed E-state index contributed by atoms with van der Waals surface area (Å²) in [6.45, 7) is 4.49. The Labute approximate surface area is 124 Å². The summed E-state index contributed by atoms with van der Waals surface area (Å²) in [6, 6.07) is 8.55. The third kappa shape index (κ3) is 2.24. The number of benzene rings is 1. The highest BCUT2D eigenvalue weighted by Gasteiger charge is 2.38. The van der Waals surface area contributed by atoms with E-state index in [1.54, 1.807) is 12.5 Å². The van der Waals surface area contributed by atoms with Crippen LogP contribution in [0, 0.1) is 5.41 Å². The zero-order valence-corrected chi connectivity index (χ0v) is 12.7. The molecule has 4 heteroatoms. The van der Waals surface area contributed by atoms with Crippen molar-refractivity contribution in [1.82, 2.24) is 9.55 Å². The SMILES string of the molecule is COC(=O)c1cncn1[C@H]1c2ccccc2CCC1(C)C. The topological polar surface area (TPSA) is 44.1 Å². The summed E-state index contributed by atoms with van der Waals surface area (Å²) >= 11 is 0. The number of hydrogen-bond acceptors (Lipinski definition) is 3. The van der Waals surface area contributed by atoms with Gasteiger partial charge in [0.25, 0.3) is 0 Å². The van der Waals surface area contributed by atoms with Crippen LogP contribution in [0.5, 0.6) is 0 Å². The number of aryl methyl sites for hydroxylation is 1. The molecule has 0 spiro atoms. The number of ether oxygens (including phenoxy) is 1. The van der Waals surface area contributed by atoms with Gasteiger partial charge in [-0.15, -0.1) is 0 Å². The molecule has 0 amide bonds. The van der Waals surface area contributed by atoms with Gasteiger partial charge in [-0.1, -0.05) is 38.1 Å². The maximum atomic E-state index is 12.0. The number of rotatable bonds is 2. The normalized spacial score (nSPS) is 19.9. The molecule has 0 saturated heterocycles. The summed E-state index contributed by atoms with van der Waals surface area (Å²) in [4.78, 5) is 16.1. The molecule has 0 N–H and O–H groups in total. The Hall–Kier alpha value is -2.10. The summed E-state index contributed by atoms with van der Waals surface area (Å²) in [6.07, 6.45) is 5.47. The maximum absolute atomic E-state index is 12.0. The minimum absolute atomic E-state index is 0.0534. The lowest BCUT2D eigenvalue weighted by Crippen LogP contribution is -2.34. The molecule has 0 saturated carbocycles. The van der Waals surface area contributed by atoms with Gasteiger partial charge in [0.1, 0.15) is 5.69 Å². The molecule has 0 unspecified atom stereocenters. The monoisotopic (exact) mass is 284 g/mol. The smallest absolute Gasteiger partial charge is 0.356 e. The average Bonchev–Trinajstić information content (AvgIpc) is 2.94. The summed E-state index contributed by atoms with van der Waals surface area (Å²) in [5.41, 5.74) is 3.19. The molecule has 3 rings (SSSR count). The molecule has 21 heavy (non-hydrogen) atoms. The second-order valence-electron chi connectivity index (χ2n) is 6.27. The standard InChI is InChI=1S/C17H20N2O2/c1-17(2)9-8-12-6-4-5-7-13(12)15(17)19-11-18-10-14(19)16(20)21-3/h4-7,10-11,15H,8-9H2,1-3H3/t15-/m0/s1. The van der Waals surface area contributed by atoms with Crippen molar-refractivity contribution in [3.05, 3.63) is 53.6 Å². The van der Waals surface area contributed by atoms with Crippen LogP contribution >= 0.6 is 0 Å². The van der Waals surface area contributed by atoms with Crippen molar-refractivity contribution in [3.8, 4) is 0 Å². The van der Waals surface area contributed by atoms with Gasteiger partial charge in [-0.2, -0.15) is 0 Å². The van der Waals surface area contributed by atoms with Crippen molar-refractivity contribution in [2.24, 2.45) is 5.41 Å². The van der Waals surface area contributed by atoms with E-state index in [0.29, 0.717) is 5.69 Å². The lowest BCUT2D eigenvalue weighted by Gasteiger charge is -2.41. The summed E-state index contributed by atoms with van der Waals surface area (Å²) < 4.78 is 6.84. The fourth-order valence-electron chi connectivity index (χ4n) is 3.34. The van der Waals surface area contributed by atoms with Crippen LogP contribution in [0.25, 0.3) is 0 Å². The van der Waals surface area contributed by atoms with E-state index in [1.807, 2.05) is 4.57 Å². The molecule has 1 aliphatic rings. The van der Waals surface area contributed by atoms with Gasteiger partial charge in [0.05, 0.1) is 25.7 Å². The molecule has 2 aromatic rings. The van der Waals surface area contributed by atoms with Crippen molar-refractivity contribution in [2.45, 2.75) is 32.7 Å². The van der Waals surface area contributed by atoms with Crippen LogP contribution in [0.1, 0.15) is 47.9 Å². The summed E-state index contributed by atoms with van der Waals surface area (Å²) in [7, 11) is 1.40. The van der Waals surface area contributed by atoms with Crippen LogP contribution in [-0.2, 0) is 11.2 Å². The number of aromatic nitrogens is 2. The van der Waals surface area contributed by atoms with Crippen molar-refractivity contribution in [1.29, 1.82) is 0 Å². The quantitative estimate of drug-likeness (QED) is 0.795. The van der Waals surface area contributed by atoms with Crippen LogP contribution in [0.3, 0.4) is 0 Å². The van der Waals surface area contributed by atoms with Crippen molar-refractivity contribution in [3.63, 3.8) is 0 Å². The third-order valence-electron chi connectivity index (χ3n) is 4.47. The Morgan fingerprint density at radius 3 is 2.90 bits per heavy atom. The highest BCUT2D eigenvalue weighted by molar-refractivity contribution is 5.87. The molecule has 0 bridgehead atoms. The molecular formula is C17H20N2O2. The Morgan fingerprint density at radius 2 is 2.14 bits per heavy atom. The van der Waals surface area contributed by atoms with E-state index in [-0.39, 0.29) is 17.4 Å². The van der Waals surface area contributed by atoms with Gasteiger partial charge in [0.2, 0.25) is 0 Å². The predicted octanol–water partition coefficient (Wildman–Crippen LogP) is 3.23. The van der Waals surface area contributed by atoms with Gasteiger partial charge in [-0.3, -0.25) is 0 Å². The molecule has 110 valence electrons. The molecule has 1 heterocycles. The van der Waals surface area contributed by atoms with Crippen LogP contribution in [0.4, 0.5) is 0 Å². The van der Waals surface area contributed by atoms with E-state index in [4.69, 9.17) is 4.74 Å². The zero-order chi connectivity index (χ0) is 15.0. The molecule has 1 atom stereocenters. The Balaban J connectivity index is 2.16. The number of carbonyl (C=O) groups excluding carboxylic acids is 1. The number of esters is 1. The number of fused-ring (bicyclic) bond motifs is 1. The summed E-state index contributed by atoms with van der Waals surface area (Å²) in [5, 5.41) is 0. The Morgan fingerprint density at radius 1 is 1.38 bits per heavy atom. The molecular weight excluding hydrogens is 264 g/mol. The average molecular weight is 284 g/mol. The molecule has 0 radical (unpaired) electrons. The van der Waals surface area contributed by atoms with Crippen molar-refractivity contribution >= 4 is 5.97 Å². The van der Waals surface area contributed by atoms with E-state index >= 15 is 0 Å². The number of methoxy groups -OCH3 is 1. The van der Waals surface area contributed by atoms with E-state index < -0.39 is 0 Å².